The van der Waals surface area contributed by atoms with Crippen LogP contribution in [0.4, 0.5) is 0 Å². The largest absolute Gasteiger partial charge is 0.370 e. The van der Waals surface area contributed by atoms with Crippen molar-refractivity contribution in [2.45, 2.75) is 44.4 Å². The van der Waals surface area contributed by atoms with E-state index in [1.807, 2.05) is 26.0 Å². The average molecular weight is 351 g/mol. The first-order valence-corrected chi connectivity index (χ1v) is 9.74. The van der Waals surface area contributed by atoms with Gasteiger partial charge in [0.05, 0.1) is 4.90 Å². The van der Waals surface area contributed by atoms with Crippen LogP contribution < -0.4 is 11.5 Å². The summed E-state index contributed by atoms with van der Waals surface area (Å²) in [5, 5.41) is 0. The topological polar surface area (TPSA) is 116 Å². The lowest BCUT2D eigenvalue weighted by atomic mass is 9.98. The fourth-order valence-corrected chi connectivity index (χ4v) is 3.38. The summed E-state index contributed by atoms with van der Waals surface area (Å²) < 4.78 is 24.2. The van der Waals surface area contributed by atoms with E-state index in [-0.39, 0.29) is 16.4 Å². The fraction of sp³-hybridized carbons (Fsp3) is 0.412. The Morgan fingerprint density at radius 1 is 1.17 bits per heavy atom. The van der Waals surface area contributed by atoms with Gasteiger partial charge in [-0.1, -0.05) is 32.1 Å². The molecule has 0 saturated carbocycles. The number of allylic oxidation sites excluding steroid dienone is 2. The molecule has 6 nitrogen and oxygen atoms in total. The Morgan fingerprint density at radius 2 is 1.83 bits per heavy atom. The molecule has 1 rings (SSSR count). The number of hydrogen-bond donors (Lipinski definition) is 2. The van der Waals surface area contributed by atoms with Crippen LogP contribution in [0.25, 0.3) is 0 Å². The van der Waals surface area contributed by atoms with Crippen molar-refractivity contribution >= 4 is 21.7 Å². The first-order valence-electron chi connectivity index (χ1n) is 7.85. The van der Waals surface area contributed by atoms with Gasteiger partial charge in [-0.2, -0.15) is 4.99 Å². The molecule has 24 heavy (non-hydrogen) atoms. The lowest BCUT2D eigenvalue weighted by molar-refractivity contribution is 0.100. The molecule has 7 heteroatoms. The van der Waals surface area contributed by atoms with Crippen LogP contribution in [-0.2, 0) is 22.7 Å². The molecule has 0 unspecified atom stereocenters. The lowest BCUT2D eigenvalue weighted by Gasteiger charge is -2.13. The Bertz CT molecular complexity index is 762. The number of sulfone groups is 1. The van der Waals surface area contributed by atoms with Gasteiger partial charge in [0.1, 0.15) is 0 Å². The number of nitrogens with two attached hydrogens (primary N) is 2. The normalized spacial score (nSPS) is 11.6. The van der Waals surface area contributed by atoms with Crippen LogP contribution in [0.1, 0.15) is 48.2 Å². The number of hydrogen-bond acceptors (Lipinski definition) is 3. The van der Waals surface area contributed by atoms with Crippen molar-refractivity contribution in [2.75, 3.05) is 6.26 Å². The summed E-state index contributed by atoms with van der Waals surface area (Å²) in [4.78, 5) is 15.8. The van der Waals surface area contributed by atoms with Crippen LogP contribution in [0, 0.1) is 0 Å². The van der Waals surface area contributed by atoms with Gasteiger partial charge in [0.2, 0.25) is 0 Å². The zero-order valence-electron chi connectivity index (χ0n) is 14.4. The summed E-state index contributed by atoms with van der Waals surface area (Å²) in [5.41, 5.74) is 12.2. The first-order chi connectivity index (χ1) is 11.2. The number of guanidine groups is 1. The van der Waals surface area contributed by atoms with Crippen molar-refractivity contribution in [3.8, 4) is 0 Å². The van der Waals surface area contributed by atoms with E-state index < -0.39 is 15.7 Å². The molecule has 0 aromatic heterocycles. The van der Waals surface area contributed by atoms with Crippen LogP contribution >= 0.6 is 0 Å². The van der Waals surface area contributed by atoms with Gasteiger partial charge in [-0.3, -0.25) is 4.79 Å². The quantitative estimate of drug-likeness (QED) is 0.442. The number of aliphatic imine (C=N–C) groups is 1. The van der Waals surface area contributed by atoms with Gasteiger partial charge in [-0.05, 0) is 42.9 Å². The molecule has 0 aliphatic rings. The van der Waals surface area contributed by atoms with Crippen LogP contribution in [0.15, 0.2) is 34.2 Å². The van der Waals surface area contributed by atoms with Gasteiger partial charge >= 0.3 is 0 Å². The van der Waals surface area contributed by atoms with Crippen LogP contribution in [0.2, 0.25) is 0 Å². The summed E-state index contributed by atoms with van der Waals surface area (Å²) in [6.45, 7) is 3.93. The highest BCUT2D eigenvalue weighted by atomic mass is 32.2. The predicted molar refractivity (Wildman–Crippen MR) is 96.8 cm³/mol. The minimum absolute atomic E-state index is 0.152. The molecule has 0 atom stereocenters. The second-order valence-corrected chi connectivity index (χ2v) is 7.49. The van der Waals surface area contributed by atoms with Gasteiger partial charge in [-0.25, -0.2) is 8.42 Å². The molecule has 0 radical (unpaired) electrons. The van der Waals surface area contributed by atoms with Crippen LogP contribution in [0.5, 0.6) is 0 Å². The van der Waals surface area contributed by atoms with Crippen molar-refractivity contribution < 1.29 is 13.2 Å². The van der Waals surface area contributed by atoms with E-state index in [2.05, 4.69) is 4.99 Å². The smallest absolute Gasteiger partial charge is 0.280 e. The molecule has 4 N–H and O–H groups in total. The van der Waals surface area contributed by atoms with Gasteiger partial charge in [-0.15, -0.1) is 0 Å². The predicted octanol–water partition coefficient (Wildman–Crippen LogP) is 1.96. The number of rotatable bonds is 7. The Kier molecular flexibility index (Phi) is 7.16. The van der Waals surface area contributed by atoms with Crippen molar-refractivity contribution in [1.82, 2.24) is 0 Å². The standard InChI is InChI=1S/C17H25N3O3S/c1-4-6-7-8-9-13-10-12(5-2)14(16(21)20-17(18)19)11-15(13)24(3,22)23/h6-7,10-11H,4-5,8-9H2,1-3H3,(H4,18,19,20,21). The molecule has 0 fully saturated rings. The van der Waals surface area contributed by atoms with Crippen LogP contribution in [-0.4, -0.2) is 26.5 Å². The van der Waals surface area contributed by atoms with Crippen molar-refractivity contribution in [3.63, 3.8) is 0 Å². The Hall–Kier alpha value is -2.15. The summed E-state index contributed by atoms with van der Waals surface area (Å²) in [7, 11) is -3.47. The third-order valence-electron chi connectivity index (χ3n) is 3.51. The molecule has 1 amide bonds. The van der Waals surface area contributed by atoms with E-state index >= 15 is 0 Å². The van der Waals surface area contributed by atoms with Gasteiger partial charge in [0, 0.05) is 11.8 Å². The number of carbonyl (C=O) groups excluding carboxylic acids is 1. The molecule has 0 saturated heterocycles. The van der Waals surface area contributed by atoms with Crippen molar-refractivity contribution in [1.29, 1.82) is 0 Å². The summed E-state index contributed by atoms with van der Waals surface area (Å²) in [6.07, 6.45) is 8.03. The highest BCUT2D eigenvalue weighted by Crippen LogP contribution is 2.24. The van der Waals surface area contributed by atoms with Crippen molar-refractivity contribution in [2.24, 2.45) is 16.5 Å². The van der Waals surface area contributed by atoms with Crippen molar-refractivity contribution in [3.05, 3.63) is 41.0 Å². The van der Waals surface area contributed by atoms with Gasteiger partial charge in [0.25, 0.3) is 5.91 Å². The average Bonchev–Trinajstić information content (AvgIpc) is 2.49. The number of nitrogens with zero attached hydrogens (tertiary/aromatic N) is 1. The maximum absolute atomic E-state index is 12.2. The number of carbonyl (C=O) groups is 1. The number of benzene rings is 1. The van der Waals surface area contributed by atoms with E-state index in [0.717, 1.165) is 24.7 Å². The monoisotopic (exact) mass is 351 g/mol. The van der Waals surface area contributed by atoms with Crippen LogP contribution in [0.3, 0.4) is 0 Å². The molecule has 0 aliphatic heterocycles. The van der Waals surface area contributed by atoms with Gasteiger partial charge < -0.3 is 11.5 Å². The Morgan fingerprint density at radius 3 is 2.33 bits per heavy atom. The highest BCUT2D eigenvalue weighted by Gasteiger charge is 2.19. The van der Waals surface area contributed by atoms with E-state index in [1.165, 1.54) is 6.07 Å². The van der Waals surface area contributed by atoms with E-state index in [9.17, 15) is 13.2 Å². The maximum atomic E-state index is 12.2. The molecule has 0 aliphatic carbocycles. The summed E-state index contributed by atoms with van der Waals surface area (Å²) >= 11 is 0. The molecular weight excluding hydrogens is 326 g/mol. The number of aryl methyl sites for hydroxylation is 2. The second-order valence-electron chi connectivity index (χ2n) is 5.50. The van der Waals surface area contributed by atoms with E-state index in [4.69, 9.17) is 11.5 Å². The lowest BCUT2D eigenvalue weighted by Crippen LogP contribution is -2.24. The third-order valence-corrected chi connectivity index (χ3v) is 4.69. The number of amides is 1. The molecule has 0 heterocycles. The fourth-order valence-electron chi connectivity index (χ4n) is 2.41. The Labute approximate surface area is 143 Å². The minimum Gasteiger partial charge on any atom is -0.370 e. The zero-order valence-corrected chi connectivity index (χ0v) is 15.2. The molecule has 0 spiro atoms. The molecule has 1 aromatic carbocycles. The molecular formula is C17H25N3O3S. The molecule has 132 valence electrons. The van der Waals surface area contributed by atoms with E-state index in [0.29, 0.717) is 18.4 Å². The Balaban J connectivity index is 3.42. The molecule has 1 aromatic rings. The third kappa shape index (κ3) is 5.49. The maximum Gasteiger partial charge on any atom is 0.280 e. The minimum atomic E-state index is -3.47. The SMILES string of the molecule is CCC=CCCc1cc(CC)c(C(=O)N=C(N)N)cc1S(C)(=O)=O. The summed E-state index contributed by atoms with van der Waals surface area (Å²) in [6, 6.07) is 3.16. The summed E-state index contributed by atoms with van der Waals surface area (Å²) in [5.74, 6) is -0.981. The molecule has 0 bridgehead atoms. The van der Waals surface area contributed by atoms with Gasteiger partial charge in [0.15, 0.2) is 15.8 Å². The second kappa shape index (κ2) is 8.63. The first kappa shape index (κ1) is 19.9. The van der Waals surface area contributed by atoms with E-state index in [1.54, 1.807) is 6.07 Å². The zero-order chi connectivity index (χ0) is 18.3. The highest BCUT2D eigenvalue weighted by molar-refractivity contribution is 7.90.